The third-order valence-electron chi connectivity index (χ3n) is 4.22. The number of hydrogen-bond donors (Lipinski definition) is 0. The van der Waals surface area contributed by atoms with Crippen LogP contribution in [0.4, 0.5) is 17.1 Å². The maximum absolute atomic E-state index is 6.07. The first-order valence-corrected chi connectivity index (χ1v) is 8.80. The van der Waals surface area contributed by atoms with E-state index in [1.54, 1.807) is 6.20 Å². The summed E-state index contributed by atoms with van der Waals surface area (Å²) in [7, 11) is 0. The molecule has 0 saturated carbocycles. The molecule has 0 saturated heterocycles. The fourth-order valence-corrected chi connectivity index (χ4v) is 3.08. The molecular weight excluding hydrogens is 340 g/mol. The Morgan fingerprint density at radius 2 is 1.19 bits per heavy atom. The highest BCUT2D eigenvalue weighted by Crippen LogP contribution is 2.35. The van der Waals surface area contributed by atoms with Gasteiger partial charge in [-0.1, -0.05) is 48.0 Å². The van der Waals surface area contributed by atoms with E-state index in [2.05, 4.69) is 52.3 Å². The zero-order chi connectivity index (χ0) is 17.8. The van der Waals surface area contributed by atoms with Crippen molar-refractivity contribution < 1.29 is 0 Å². The number of nitrogens with zero attached hydrogens (tertiary/aromatic N) is 2. The van der Waals surface area contributed by atoms with Crippen molar-refractivity contribution in [3.63, 3.8) is 0 Å². The van der Waals surface area contributed by atoms with Gasteiger partial charge in [0.2, 0.25) is 0 Å². The van der Waals surface area contributed by atoms with Gasteiger partial charge in [-0.15, -0.1) is 0 Å². The lowest BCUT2D eigenvalue weighted by molar-refractivity contribution is 1.28. The van der Waals surface area contributed by atoms with Gasteiger partial charge in [0.05, 0.1) is 0 Å². The quantitative estimate of drug-likeness (QED) is 0.396. The van der Waals surface area contributed by atoms with E-state index in [-0.39, 0.29) is 0 Å². The Morgan fingerprint density at radius 1 is 0.577 bits per heavy atom. The standard InChI is InChI=1S/C23H17ClN2/c24-20-10-14-23(15-11-20)26(21-6-2-1-3-7-21)22-12-8-18(9-13-22)19-5-4-16-25-17-19/h1-17H. The van der Waals surface area contributed by atoms with E-state index >= 15 is 0 Å². The van der Waals surface area contributed by atoms with Crippen molar-refractivity contribution >= 4 is 28.7 Å². The first kappa shape index (κ1) is 16.4. The van der Waals surface area contributed by atoms with Crippen LogP contribution in [0.1, 0.15) is 0 Å². The summed E-state index contributed by atoms with van der Waals surface area (Å²) in [4.78, 5) is 6.41. The van der Waals surface area contributed by atoms with Crippen LogP contribution in [-0.2, 0) is 0 Å². The summed E-state index contributed by atoms with van der Waals surface area (Å²) in [5, 5.41) is 0.730. The topological polar surface area (TPSA) is 16.1 Å². The summed E-state index contributed by atoms with van der Waals surface area (Å²) >= 11 is 6.07. The second kappa shape index (κ2) is 7.42. The number of benzene rings is 3. The number of anilines is 3. The van der Waals surface area contributed by atoms with Crippen LogP contribution in [0.5, 0.6) is 0 Å². The molecule has 0 aliphatic heterocycles. The average molecular weight is 357 g/mol. The third kappa shape index (κ3) is 3.46. The molecule has 0 aliphatic rings. The van der Waals surface area contributed by atoms with Crippen molar-refractivity contribution in [2.24, 2.45) is 0 Å². The molecule has 126 valence electrons. The molecule has 0 amide bonds. The van der Waals surface area contributed by atoms with Crippen LogP contribution in [0.3, 0.4) is 0 Å². The number of hydrogen-bond acceptors (Lipinski definition) is 2. The predicted octanol–water partition coefficient (Wildman–Crippen LogP) is 6.87. The van der Waals surface area contributed by atoms with Crippen LogP contribution in [0.15, 0.2) is 103 Å². The first-order valence-electron chi connectivity index (χ1n) is 8.42. The highest BCUT2D eigenvalue weighted by molar-refractivity contribution is 6.30. The van der Waals surface area contributed by atoms with Crippen LogP contribution in [-0.4, -0.2) is 4.98 Å². The van der Waals surface area contributed by atoms with E-state index in [0.717, 1.165) is 33.2 Å². The molecule has 0 fully saturated rings. The lowest BCUT2D eigenvalue weighted by Gasteiger charge is -2.25. The summed E-state index contributed by atoms with van der Waals surface area (Å²) in [6.07, 6.45) is 3.67. The van der Waals surface area contributed by atoms with Crippen LogP contribution < -0.4 is 4.90 Å². The summed E-state index contributed by atoms with van der Waals surface area (Å²) in [5.41, 5.74) is 5.51. The van der Waals surface area contributed by atoms with Crippen molar-refractivity contribution in [1.82, 2.24) is 4.98 Å². The molecule has 2 nitrogen and oxygen atoms in total. The highest BCUT2D eigenvalue weighted by Gasteiger charge is 2.12. The zero-order valence-corrected chi connectivity index (χ0v) is 14.8. The van der Waals surface area contributed by atoms with Gasteiger partial charge < -0.3 is 4.90 Å². The Kier molecular flexibility index (Phi) is 4.67. The molecule has 4 aromatic rings. The van der Waals surface area contributed by atoms with Crippen molar-refractivity contribution in [2.45, 2.75) is 0 Å². The first-order chi connectivity index (χ1) is 12.8. The zero-order valence-electron chi connectivity index (χ0n) is 14.1. The summed E-state index contributed by atoms with van der Waals surface area (Å²) in [6.45, 7) is 0. The van der Waals surface area contributed by atoms with Gasteiger partial charge in [-0.2, -0.15) is 0 Å². The van der Waals surface area contributed by atoms with Crippen molar-refractivity contribution in [2.75, 3.05) is 4.90 Å². The minimum absolute atomic E-state index is 0.730. The minimum atomic E-state index is 0.730. The Balaban J connectivity index is 1.76. The van der Waals surface area contributed by atoms with E-state index < -0.39 is 0 Å². The number of pyridine rings is 1. The van der Waals surface area contributed by atoms with Crippen LogP contribution in [0.25, 0.3) is 11.1 Å². The molecule has 0 bridgehead atoms. The maximum Gasteiger partial charge on any atom is 0.0462 e. The van der Waals surface area contributed by atoms with E-state index in [1.807, 2.05) is 54.7 Å². The molecule has 4 rings (SSSR count). The van der Waals surface area contributed by atoms with E-state index in [4.69, 9.17) is 11.6 Å². The molecular formula is C23H17ClN2. The Bertz CT molecular complexity index is 966. The Labute approximate surface area is 158 Å². The lowest BCUT2D eigenvalue weighted by Crippen LogP contribution is -2.09. The predicted molar refractivity (Wildman–Crippen MR) is 109 cm³/mol. The smallest absolute Gasteiger partial charge is 0.0462 e. The number of halogens is 1. The van der Waals surface area contributed by atoms with Gasteiger partial charge in [0.1, 0.15) is 0 Å². The van der Waals surface area contributed by atoms with Crippen LogP contribution >= 0.6 is 11.6 Å². The molecule has 26 heavy (non-hydrogen) atoms. The largest absolute Gasteiger partial charge is 0.311 e. The molecule has 0 unspecified atom stereocenters. The normalized spacial score (nSPS) is 10.5. The van der Waals surface area contributed by atoms with Gasteiger partial charge in [-0.05, 0) is 65.7 Å². The molecule has 0 atom stereocenters. The molecule has 1 heterocycles. The third-order valence-corrected chi connectivity index (χ3v) is 4.47. The van der Waals surface area contributed by atoms with Crippen molar-refractivity contribution in [1.29, 1.82) is 0 Å². The van der Waals surface area contributed by atoms with Gasteiger partial charge in [-0.3, -0.25) is 4.98 Å². The molecule has 0 aliphatic carbocycles. The maximum atomic E-state index is 6.07. The summed E-state index contributed by atoms with van der Waals surface area (Å²) in [6, 6.07) is 30.7. The number of aromatic nitrogens is 1. The summed E-state index contributed by atoms with van der Waals surface area (Å²) < 4.78 is 0. The van der Waals surface area contributed by atoms with E-state index in [9.17, 15) is 0 Å². The molecule has 0 spiro atoms. The average Bonchev–Trinajstić information content (AvgIpc) is 2.72. The van der Waals surface area contributed by atoms with Gasteiger partial charge in [-0.25, -0.2) is 0 Å². The molecule has 0 N–H and O–H groups in total. The SMILES string of the molecule is Clc1ccc(N(c2ccccc2)c2ccc(-c3cccnc3)cc2)cc1. The second-order valence-corrected chi connectivity index (χ2v) is 6.37. The molecule has 3 heteroatoms. The minimum Gasteiger partial charge on any atom is -0.311 e. The van der Waals surface area contributed by atoms with Crippen molar-refractivity contribution in [3.8, 4) is 11.1 Å². The second-order valence-electron chi connectivity index (χ2n) is 5.94. The van der Waals surface area contributed by atoms with Gasteiger partial charge in [0.15, 0.2) is 0 Å². The lowest BCUT2D eigenvalue weighted by atomic mass is 10.1. The van der Waals surface area contributed by atoms with Gasteiger partial charge in [0, 0.05) is 34.5 Å². The van der Waals surface area contributed by atoms with E-state index in [1.165, 1.54) is 0 Å². The van der Waals surface area contributed by atoms with Crippen LogP contribution in [0, 0.1) is 0 Å². The number of para-hydroxylation sites is 1. The molecule has 1 aromatic heterocycles. The Morgan fingerprint density at radius 3 is 1.81 bits per heavy atom. The Hall–Kier alpha value is -3.10. The number of rotatable bonds is 4. The van der Waals surface area contributed by atoms with Gasteiger partial charge in [0.25, 0.3) is 0 Å². The van der Waals surface area contributed by atoms with E-state index in [0.29, 0.717) is 0 Å². The van der Waals surface area contributed by atoms with Crippen LogP contribution in [0.2, 0.25) is 5.02 Å². The highest BCUT2D eigenvalue weighted by atomic mass is 35.5. The fraction of sp³-hybridized carbons (Fsp3) is 0. The van der Waals surface area contributed by atoms with Gasteiger partial charge >= 0.3 is 0 Å². The monoisotopic (exact) mass is 356 g/mol. The molecule has 0 radical (unpaired) electrons. The van der Waals surface area contributed by atoms with Crippen molar-refractivity contribution in [3.05, 3.63) is 108 Å². The molecule has 3 aromatic carbocycles. The summed E-state index contributed by atoms with van der Waals surface area (Å²) in [5.74, 6) is 0. The fourth-order valence-electron chi connectivity index (χ4n) is 2.95.